The van der Waals surface area contributed by atoms with Gasteiger partial charge in [0.2, 0.25) is 5.91 Å². The van der Waals surface area contributed by atoms with Gasteiger partial charge in [0.05, 0.1) is 5.02 Å². The summed E-state index contributed by atoms with van der Waals surface area (Å²) in [4.78, 5) is 22.3. The number of rotatable bonds is 6. The fourth-order valence-electron chi connectivity index (χ4n) is 1.44. The third-order valence-electron chi connectivity index (χ3n) is 2.43. The fourth-order valence-corrected chi connectivity index (χ4v) is 1.66. The topological polar surface area (TPSA) is 86.6 Å². The average molecular weight is 302 g/mol. The molecule has 7 heteroatoms. The van der Waals surface area contributed by atoms with Gasteiger partial charge in [-0.3, -0.25) is 4.79 Å². The van der Waals surface area contributed by atoms with Crippen LogP contribution in [0.1, 0.15) is 12.0 Å². The van der Waals surface area contributed by atoms with Crippen LogP contribution >= 0.6 is 11.6 Å². The highest BCUT2D eigenvalue weighted by atomic mass is 35.5. The molecule has 108 valence electrons. The summed E-state index contributed by atoms with van der Waals surface area (Å²) in [5, 5.41) is 19.8. The predicted octanol–water partition coefficient (Wildman–Crippen LogP) is 1.44. The second-order valence-corrected chi connectivity index (χ2v) is 4.29. The second-order valence-electron chi connectivity index (χ2n) is 3.88. The van der Waals surface area contributed by atoms with Gasteiger partial charge in [0.25, 0.3) is 0 Å². The maximum absolute atomic E-state index is 13.4. The van der Waals surface area contributed by atoms with E-state index in [2.05, 4.69) is 5.32 Å². The van der Waals surface area contributed by atoms with Crippen LogP contribution in [0.15, 0.2) is 24.3 Å². The maximum Gasteiger partial charge on any atom is 0.326 e. The Hall–Kier alpha value is -1.92. The van der Waals surface area contributed by atoms with Gasteiger partial charge in [-0.15, -0.1) is 0 Å². The Bertz CT molecular complexity index is 513. The van der Waals surface area contributed by atoms with E-state index in [9.17, 15) is 14.0 Å². The van der Waals surface area contributed by atoms with E-state index < -0.39 is 23.7 Å². The Balaban J connectivity index is 2.75. The van der Waals surface area contributed by atoms with E-state index in [0.29, 0.717) is 0 Å². The van der Waals surface area contributed by atoms with Crippen LogP contribution < -0.4 is 5.32 Å². The first-order valence-corrected chi connectivity index (χ1v) is 6.09. The molecule has 0 saturated heterocycles. The number of amides is 1. The minimum Gasteiger partial charge on any atom is -0.480 e. The summed E-state index contributed by atoms with van der Waals surface area (Å²) in [6, 6.07) is 2.88. The van der Waals surface area contributed by atoms with Crippen molar-refractivity contribution < 1.29 is 24.2 Å². The lowest BCUT2D eigenvalue weighted by Crippen LogP contribution is -2.40. The molecule has 20 heavy (non-hydrogen) atoms. The number of benzene rings is 1. The van der Waals surface area contributed by atoms with Crippen LogP contribution in [0.5, 0.6) is 0 Å². The molecule has 0 bridgehead atoms. The first kappa shape index (κ1) is 16.1. The zero-order valence-corrected chi connectivity index (χ0v) is 11.1. The van der Waals surface area contributed by atoms with E-state index >= 15 is 0 Å². The molecule has 1 aromatic carbocycles. The van der Waals surface area contributed by atoms with E-state index in [0.717, 1.165) is 12.2 Å². The molecule has 0 radical (unpaired) electrons. The molecule has 0 aliphatic heterocycles. The Morgan fingerprint density at radius 3 is 2.70 bits per heavy atom. The number of carbonyl (C=O) groups excluding carboxylic acids is 1. The normalized spacial score (nSPS) is 12.3. The number of hydrogen-bond donors (Lipinski definition) is 3. The zero-order valence-electron chi connectivity index (χ0n) is 10.3. The number of aliphatic hydroxyl groups is 1. The van der Waals surface area contributed by atoms with E-state index in [4.69, 9.17) is 21.8 Å². The van der Waals surface area contributed by atoms with E-state index in [1.165, 1.54) is 18.2 Å². The number of carboxylic acid groups (broad SMARTS) is 1. The SMILES string of the molecule is O=C(/C=C/c1c(F)cccc1Cl)N[C@@H](CCO)C(=O)O. The van der Waals surface area contributed by atoms with Gasteiger partial charge in [-0.2, -0.15) is 0 Å². The third kappa shape index (κ3) is 4.64. The van der Waals surface area contributed by atoms with Gasteiger partial charge in [0.1, 0.15) is 11.9 Å². The predicted molar refractivity (Wildman–Crippen MR) is 71.7 cm³/mol. The number of carbonyl (C=O) groups is 2. The molecule has 0 spiro atoms. The lowest BCUT2D eigenvalue weighted by Gasteiger charge is -2.11. The summed E-state index contributed by atoms with van der Waals surface area (Å²) in [6.07, 6.45) is 2.03. The average Bonchev–Trinajstić information content (AvgIpc) is 2.37. The highest BCUT2D eigenvalue weighted by Crippen LogP contribution is 2.20. The minimum absolute atomic E-state index is 0.0401. The van der Waals surface area contributed by atoms with Crippen molar-refractivity contribution in [2.24, 2.45) is 0 Å². The molecule has 0 aromatic heterocycles. The summed E-state index contributed by atoms with van der Waals surface area (Å²) in [5.74, 6) is -2.57. The van der Waals surface area contributed by atoms with Crippen LogP contribution in [0.3, 0.4) is 0 Å². The van der Waals surface area contributed by atoms with Crippen molar-refractivity contribution >= 4 is 29.6 Å². The van der Waals surface area contributed by atoms with Crippen molar-refractivity contribution in [1.82, 2.24) is 5.32 Å². The number of aliphatic carboxylic acids is 1. The summed E-state index contributed by atoms with van der Waals surface area (Å²) in [6.45, 7) is -0.375. The molecule has 5 nitrogen and oxygen atoms in total. The molecule has 1 amide bonds. The number of nitrogens with one attached hydrogen (secondary N) is 1. The highest BCUT2D eigenvalue weighted by molar-refractivity contribution is 6.32. The maximum atomic E-state index is 13.4. The van der Waals surface area contributed by atoms with Gasteiger partial charge in [-0.1, -0.05) is 17.7 Å². The number of carboxylic acids is 1. The molecule has 3 N–H and O–H groups in total. The molecule has 0 aliphatic rings. The summed E-state index contributed by atoms with van der Waals surface area (Å²) < 4.78 is 13.4. The van der Waals surface area contributed by atoms with Crippen molar-refractivity contribution in [3.63, 3.8) is 0 Å². The van der Waals surface area contributed by atoms with E-state index in [-0.39, 0.29) is 23.6 Å². The van der Waals surface area contributed by atoms with Crippen molar-refractivity contribution in [3.05, 3.63) is 40.7 Å². The zero-order chi connectivity index (χ0) is 15.1. The fraction of sp³-hybridized carbons (Fsp3) is 0.231. The van der Waals surface area contributed by atoms with Crippen LogP contribution in [-0.4, -0.2) is 34.7 Å². The highest BCUT2D eigenvalue weighted by Gasteiger charge is 2.17. The quantitative estimate of drug-likeness (QED) is 0.694. The largest absolute Gasteiger partial charge is 0.480 e. The standard InChI is InChI=1S/C13H13ClFNO4/c14-9-2-1-3-10(15)8(9)4-5-12(18)16-11(6-7-17)13(19)20/h1-5,11,17H,6-7H2,(H,16,18)(H,19,20)/b5-4+/t11-/m0/s1. The van der Waals surface area contributed by atoms with Gasteiger partial charge >= 0.3 is 5.97 Å². The van der Waals surface area contributed by atoms with E-state index in [1.807, 2.05) is 0 Å². The van der Waals surface area contributed by atoms with Gasteiger partial charge in [-0.05, 0) is 18.2 Å². The lowest BCUT2D eigenvalue weighted by atomic mass is 10.2. The van der Waals surface area contributed by atoms with Crippen molar-refractivity contribution in [3.8, 4) is 0 Å². The van der Waals surface area contributed by atoms with Crippen molar-refractivity contribution in [2.75, 3.05) is 6.61 Å². The number of hydrogen-bond acceptors (Lipinski definition) is 3. The second kappa shape index (κ2) is 7.62. The van der Waals surface area contributed by atoms with Crippen LogP contribution in [-0.2, 0) is 9.59 Å². The van der Waals surface area contributed by atoms with Crippen LogP contribution in [0, 0.1) is 5.82 Å². The molecule has 0 aliphatic carbocycles. The minimum atomic E-state index is -1.26. The molecular weight excluding hydrogens is 289 g/mol. The molecule has 0 fully saturated rings. The third-order valence-corrected chi connectivity index (χ3v) is 2.76. The molecule has 0 unspecified atom stereocenters. The molecule has 0 heterocycles. The Labute approximate surface area is 119 Å². The van der Waals surface area contributed by atoms with Gasteiger partial charge < -0.3 is 15.5 Å². The monoisotopic (exact) mass is 301 g/mol. The van der Waals surface area contributed by atoms with E-state index in [1.54, 1.807) is 0 Å². The smallest absolute Gasteiger partial charge is 0.326 e. The molecule has 1 aromatic rings. The Kier molecular flexibility index (Phi) is 6.14. The molecular formula is C13H13ClFNO4. The Morgan fingerprint density at radius 2 is 2.15 bits per heavy atom. The first-order chi connectivity index (χ1) is 9.45. The van der Waals surface area contributed by atoms with Crippen molar-refractivity contribution in [2.45, 2.75) is 12.5 Å². The number of halogens is 2. The molecule has 1 rings (SSSR count). The lowest BCUT2D eigenvalue weighted by molar-refractivity contribution is -0.141. The molecule has 1 atom stereocenters. The van der Waals surface area contributed by atoms with Gasteiger partial charge in [0, 0.05) is 24.7 Å². The molecule has 0 saturated carbocycles. The Morgan fingerprint density at radius 1 is 1.45 bits per heavy atom. The van der Waals surface area contributed by atoms with Gasteiger partial charge in [0.15, 0.2) is 0 Å². The summed E-state index contributed by atoms with van der Waals surface area (Å²) in [5.41, 5.74) is 0.0401. The van der Waals surface area contributed by atoms with Gasteiger partial charge in [-0.25, -0.2) is 9.18 Å². The van der Waals surface area contributed by atoms with Crippen LogP contribution in [0.4, 0.5) is 4.39 Å². The van der Waals surface area contributed by atoms with Crippen LogP contribution in [0.25, 0.3) is 6.08 Å². The first-order valence-electron chi connectivity index (χ1n) is 5.72. The van der Waals surface area contributed by atoms with Crippen LogP contribution in [0.2, 0.25) is 5.02 Å². The number of aliphatic hydroxyl groups excluding tert-OH is 1. The van der Waals surface area contributed by atoms with Crippen molar-refractivity contribution in [1.29, 1.82) is 0 Å². The summed E-state index contributed by atoms with van der Waals surface area (Å²) in [7, 11) is 0. The summed E-state index contributed by atoms with van der Waals surface area (Å²) >= 11 is 5.77.